The van der Waals surface area contributed by atoms with Gasteiger partial charge in [-0.3, -0.25) is 4.79 Å². The molecule has 1 fully saturated rings. The predicted molar refractivity (Wildman–Crippen MR) is 128 cm³/mol. The van der Waals surface area contributed by atoms with Crippen LogP contribution in [0.15, 0.2) is 47.4 Å². The highest BCUT2D eigenvalue weighted by Gasteiger charge is 2.33. The van der Waals surface area contributed by atoms with Crippen molar-refractivity contribution >= 4 is 33.0 Å². The van der Waals surface area contributed by atoms with E-state index in [9.17, 15) is 13.2 Å². The maximum absolute atomic E-state index is 13.3. The van der Waals surface area contributed by atoms with E-state index < -0.39 is 10.0 Å². The topological polar surface area (TPSA) is 101 Å². The lowest BCUT2D eigenvalue weighted by Crippen LogP contribution is -2.39. The zero-order valence-corrected chi connectivity index (χ0v) is 20.4. The summed E-state index contributed by atoms with van der Waals surface area (Å²) in [6, 6.07) is 12.5. The number of benzene rings is 2. The van der Waals surface area contributed by atoms with Crippen LogP contribution >= 0.6 is 11.3 Å². The van der Waals surface area contributed by atoms with E-state index in [1.165, 1.54) is 15.6 Å². The number of aryl methyl sites for hydroxylation is 2. The van der Waals surface area contributed by atoms with Crippen LogP contribution < -0.4 is 10.1 Å². The van der Waals surface area contributed by atoms with E-state index in [1.54, 1.807) is 37.4 Å². The van der Waals surface area contributed by atoms with Crippen molar-refractivity contribution in [3.63, 3.8) is 0 Å². The molecular formula is C23H26N4O4S2. The minimum atomic E-state index is -3.61. The summed E-state index contributed by atoms with van der Waals surface area (Å²) in [6.45, 7) is 4.49. The molecule has 1 saturated heterocycles. The molecule has 174 valence electrons. The molecule has 1 unspecified atom stereocenters. The van der Waals surface area contributed by atoms with Gasteiger partial charge in [0.25, 0.3) is 5.91 Å². The molecule has 1 aliphatic rings. The number of carbonyl (C=O) groups excluding carboxylic acids is 1. The molecule has 8 nitrogen and oxygen atoms in total. The molecule has 2 aromatic carbocycles. The van der Waals surface area contributed by atoms with Gasteiger partial charge in [-0.15, -0.1) is 10.2 Å². The second kappa shape index (κ2) is 9.58. The average molecular weight is 487 g/mol. The van der Waals surface area contributed by atoms with Gasteiger partial charge in [0.05, 0.1) is 12.0 Å². The van der Waals surface area contributed by atoms with Crippen molar-refractivity contribution in [1.82, 2.24) is 14.5 Å². The van der Waals surface area contributed by atoms with E-state index in [2.05, 4.69) is 15.5 Å². The van der Waals surface area contributed by atoms with Crippen molar-refractivity contribution in [3.05, 3.63) is 63.6 Å². The maximum atomic E-state index is 13.3. The minimum absolute atomic E-state index is 0.0984. The van der Waals surface area contributed by atoms with Gasteiger partial charge >= 0.3 is 0 Å². The molecule has 4 rings (SSSR count). The molecule has 1 aromatic heterocycles. The van der Waals surface area contributed by atoms with Crippen molar-refractivity contribution in [2.24, 2.45) is 0 Å². The number of anilines is 1. The summed E-state index contributed by atoms with van der Waals surface area (Å²) in [5.41, 5.74) is 2.27. The molecule has 0 spiro atoms. The molecule has 1 amide bonds. The molecule has 3 aromatic rings. The highest BCUT2D eigenvalue weighted by molar-refractivity contribution is 7.89. The first kappa shape index (κ1) is 23.3. The quantitative estimate of drug-likeness (QED) is 0.565. The average Bonchev–Trinajstić information content (AvgIpc) is 3.32. The minimum Gasteiger partial charge on any atom is -0.497 e. The number of sulfonamides is 1. The van der Waals surface area contributed by atoms with Gasteiger partial charge < -0.3 is 10.1 Å². The van der Waals surface area contributed by atoms with Crippen molar-refractivity contribution in [2.45, 2.75) is 37.5 Å². The van der Waals surface area contributed by atoms with Crippen LogP contribution in [0.25, 0.3) is 0 Å². The number of methoxy groups -OCH3 is 1. The first-order valence-corrected chi connectivity index (χ1v) is 12.9. The van der Waals surface area contributed by atoms with E-state index in [0.29, 0.717) is 34.4 Å². The molecule has 10 heteroatoms. The van der Waals surface area contributed by atoms with Crippen LogP contribution in [0, 0.1) is 13.8 Å². The fourth-order valence-corrected chi connectivity index (χ4v) is 6.53. The molecule has 0 radical (unpaired) electrons. The van der Waals surface area contributed by atoms with Gasteiger partial charge in [0.15, 0.2) is 0 Å². The molecule has 0 aliphatic carbocycles. The fourth-order valence-electron chi connectivity index (χ4n) is 3.84. The monoisotopic (exact) mass is 486 g/mol. The SMILES string of the molecule is COc1ccc(NC(=O)c2nnc(C3CCCN(S(=O)(=O)c4cc(C)ccc4C)C3)s2)cc1. The fraction of sp³-hybridized carbons (Fsp3) is 0.348. The lowest BCUT2D eigenvalue weighted by atomic mass is 10.0. The summed E-state index contributed by atoms with van der Waals surface area (Å²) in [4.78, 5) is 12.9. The summed E-state index contributed by atoms with van der Waals surface area (Å²) in [6.07, 6.45) is 1.52. The lowest BCUT2D eigenvalue weighted by molar-refractivity contribution is 0.102. The Morgan fingerprint density at radius 3 is 2.64 bits per heavy atom. The highest BCUT2D eigenvalue weighted by atomic mass is 32.2. The van der Waals surface area contributed by atoms with Gasteiger partial charge in [-0.05, 0) is 68.1 Å². The van der Waals surface area contributed by atoms with Crippen LogP contribution in [0.3, 0.4) is 0 Å². The molecule has 1 aliphatic heterocycles. The number of rotatable bonds is 6. The molecule has 2 heterocycles. The van der Waals surface area contributed by atoms with Gasteiger partial charge in [0.2, 0.25) is 15.0 Å². The molecule has 33 heavy (non-hydrogen) atoms. The first-order chi connectivity index (χ1) is 15.8. The van der Waals surface area contributed by atoms with E-state index in [-0.39, 0.29) is 16.8 Å². The van der Waals surface area contributed by atoms with Crippen molar-refractivity contribution in [1.29, 1.82) is 0 Å². The second-order valence-corrected chi connectivity index (χ2v) is 11.0. The van der Waals surface area contributed by atoms with Crippen molar-refractivity contribution in [3.8, 4) is 5.75 Å². The number of hydrogen-bond donors (Lipinski definition) is 1. The normalized spacial score (nSPS) is 17.0. The van der Waals surface area contributed by atoms with Gasteiger partial charge in [-0.1, -0.05) is 23.5 Å². The van der Waals surface area contributed by atoms with E-state index >= 15 is 0 Å². The zero-order valence-electron chi connectivity index (χ0n) is 18.7. The highest BCUT2D eigenvalue weighted by Crippen LogP contribution is 2.33. The van der Waals surface area contributed by atoms with Gasteiger partial charge in [0.1, 0.15) is 10.8 Å². The lowest BCUT2D eigenvalue weighted by Gasteiger charge is -2.31. The Balaban J connectivity index is 1.47. The summed E-state index contributed by atoms with van der Waals surface area (Å²) in [5, 5.41) is 12.0. The number of nitrogens with zero attached hydrogens (tertiary/aromatic N) is 3. The molecular weight excluding hydrogens is 460 g/mol. The second-order valence-electron chi connectivity index (χ2n) is 8.10. The van der Waals surface area contributed by atoms with E-state index in [4.69, 9.17) is 4.74 Å². The molecule has 1 N–H and O–H groups in total. The smallest absolute Gasteiger partial charge is 0.286 e. The summed E-state index contributed by atoms with van der Waals surface area (Å²) in [5.74, 6) is 0.252. The predicted octanol–water partition coefficient (Wildman–Crippen LogP) is 3.98. The Labute approximate surface area is 197 Å². The third kappa shape index (κ3) is 5.07. The summed E-state index contributed by atoms with van der Waals surface area (Å²) >= 11 is 1.21. The Hall–Kier alpha value is -2.82. The number of amides is 1. The Morgan fingerprint density at radius 1 is 1.15 bits per heavy atom. The number of piperidine rings is 1. The van der Waals surface area contributed by atoms with Crippen molar-refractivity contribution in [2.75, 3.05) is 25.5 Å². The third-order valence-corrected chi connectivity index (χ3v) is 8.77. The van der Waals surface area contributed by atoms with Gasteiger partial charge in [0, 0.05) is 24.7 Å². The molecule has 0 bridgehead atoms. The standard InChI is InChI=1S/C23H26N4O4S2/c1-15-6-7-16(2)20(13-15)33(29,30)27-12-4-5-17(14-27)22-25-26-23(32-22)21(28)24-18-8-10-19(31-3)11-9-18/h6-11,13,17H,4-5,12,14H2,1-3H3,(H,24,28). The maximum Gasteiger partial charge on any atom is 0.286 e. The van der Waals surface area contributed by atoms with Crippen LogP contribution in [0.1, 0.15) is 44.7 Å². The molecule has 1 atom stereocenters. The van der Waals surface area contributed by atoms with Gasteiger partial charge in [-0.25, -0.2) is 8.42 Å². The Kier molecular flexibility index (Phi) is 6.78. The molecule has 0 saturated carbocycles. The van der Waals surface area contributed by atoms with Crippen molar-refractivity contribution < 1.29 is 17.9 Å². The van der Waals surface area contributed by atoms with Crippen LogP contribution in [0.2, 0.25) is 0 Å². The number of aromatic nitrogens is 2. The largest absolute Gasteiger partial charge is 0.497 e. The third-order valence-electron chi connectivity index (χ3n) is 5.68. The number of hydrogen-bond acceptors (Lipinski definition) is 7. The number of carbonyl (C=O) groups is 1. The van der Waals surface area contributed by atoms with Crippen LogP contribution in [-0.4, -0.2) is 49.0 Å². The van der Waals surface area contributed by atoms with E-state index in [1.807, 2.05) is 26.0 Å². The number of nitrogens with one attached hydrogen (secondary N) is 1. The van der Waals surface area contributed by atoms with E-state index in [0.717, 1.165) is 24.0 Å². The summed E-state index contributed by atoms with van der Waals surface area (Å²) in [7, 11) is -2.03. The Morgan fingerprint density at radius 2 is 1.91 bits per heavy atom. The van der Waals surface area contributed by atoms with Crippen LogP contribution in [-0.2, 0) is 10.0 Å². The Bertz CT molecular complexity index is 1260. The van der Waals surface area contributed by atoms with Gasteiger partial charge in [-0.2, -0.15) is 4.31 Å². The van der Waals surface area contributed by atoms with Crippen LogP contribution in [0.4, 0.5) is 5.69 Å². The first-order valence-electron chi connectivity index (χ1n) is 10.6. The number of ether oxygens (including phenoxy) is 1. The zero-order chi connectivity index (χ0) is 23.6. The summed E-state index contributed by atoms with van der Waals surface area (Å²) < 4.78 is 33.3. The van der Waals surface area contributed by atoms with Crippen LogP contribution in [0.5, 0.6) is 5.75 Å².